The van der Waals surface area contributed by atoms with Crippen LogP contribution in [-0.4, -0.2) is 35.4 Å². The van der Waals surface area contributed by atoms with Gasteiger partial charge in [0.15, 0.2) is 0 Å². The molecule has 22 heavy (non-hydrogen) atoms. The molecule has 7 heteroatoms. The zero-order valence-corrected chi connectivity index (χ0v) is 14.3. The third-order valence-electron chi connectivity index (χ3n) is 2.27. The molecule has 4 N–H and O–H groups in total. The Kier molecular flexibility index (Phi) is 17.9. The first kappa shape index (κ1) is 25.2. The van der Waals surface area contributed by atoms with Crippen molar-refractivity contribution in [1.82, 2.24) is 0 Å². The van der Waals surface area contributed by atoms with Crippen LogP contribution in [-0.2, 0) is 14.3 Å². The van der Waals surface area contributed by atoms with E-state index in [4.69, 9.17) is 20.7 Å². The van der Waals surface area contributed by atoms with E-state index < -0.39 is 12.1 Å². The van der Waals surface area contributed by atoms with E-state index in [2.05, 4.69) is 4.74 Å². The highest BCUT2D eigenvalue weighted by atomic mass is 16.5. The zero-order chi connectivity index (χ0) is 18.2. The average molecular weight is 321 g/mol. The molecule has 0 aromatic rings. The molecule has 0 aliphatic heterocycles. The van der Waals surface area contributed by atoms with Gasteiger partial charge in [-0.25, -0.2) is 4.79 Å². The summed E-state index contributed by atoms with van der Waals surface area (Å²) in [6.07, 6.45) is 2.88. The Morgan fingerprint density at radius 3 is 1.68 bits per heavy atom. The Bertz CT molecular complexity index is 293. The Labute approximate surface area is 132 Å². The number of hydrogen-bond donors (Lipinski definition) is 3. The first-order valence-electron chi connectivity index (χ1n) is 7.28. The van der Waals surface area contributed by atoms with Gasteiger partial charge in [0.25, 0.3) is 6.47 Å². The summed E-state index contributed by atoms with van der Waals surface area (Å²) in [6.45, 7) is 10.1. The normalized spacial score (nSPS) is 9.73. The number of hydrogen-bond acceptors (Lipinski definition) is 4. The summed E-state index contributed by atoms with van der Waals surface area (Å²) in [6, 6.07) is 0. The van der Waals surface area contributed by atoms with Crippen LogP contribution >= 0.6 is 0 Å². The second-order valence-corrected chi connectivity index (χ2v) is 5.89. The van der Waals surface area contributed by atoms with E-state index in [9.17, 15) is 9.59 Å². The number of aliphatic carboxylic acids is 1. The highest BCUT2D eigenvalue weighted by Gasteiger charge is 2.13. The molecule has 0 bridgehead atoms. The SMILES string of the molecule is CC(C)(C)COC(N)=O.CCCC(CCC)C(=O)O.O=CO. The zero-order valence-electron chi connectivity index (χ0n) is 14.3. The van der Waals surface area contributed by atoms with Gasteiger partial charge in [-0.2, -0.15) is 0 Å². The van der Waals surface area contributed by atoms with Gasteiger partial charge in [0.1, 0.15) is 0 Å². The van der Waals surface area contributed by atoms with Gasteiger partial charge in [0.2, 0.25) is 0 Å². The highest BCUT2D eigenvalue weighted by Crippen LogP contribution is 2.13. The van der Waals surface area contributed by atoms with E-state index in [1.807, 2.05) is 34.6 Å². The summed E-state index contributed by atoms with van der Waals surface area (Å²) < 4.78 is 4.55. The number of ether oxygens (including phenoxy) is 1. The lowest BCUT2D eigenvalue weighted by atomic mass is 9.99. The second-order valence-electron chi connectivity index (χ2n) is 5.89. The first-order chi connectivity index (χ1) is 10.0. The van der Waals surface area contributed by atoms with Gasteiger partial charge in [0.05, 0.1) is 12.5 Å². The maximum Gasteiger partial charge on any atom is 0.404 e. The first-order valence-corrected chi connectivity index (χ1v) is 7.28. The molecule has 0 rings (SSSR count). The Morgan fingerprint density at radius 2 is 1.55 bits per heavy atom. The molecule has 0 aliphatic carbocycles. The summed E-state index contributed by atoms with van der Waals surface area (Å²) in [5.41, 5.74) is 4.75. The molecule has 0 heterocycles. The average Bonchev–Trinajstić information content (AvgIpc) is 2.37. The minimum absolute atomic E-state index is 0.00896. The van der Waals surface area contributed by atoms with Gasteiger partial charge in [-0.1, -0.05) is 47.5 Å². The van der Waals surface area contributed by atoms with Crippen LogP contribution in [0.15, 0.2) is 0 Å². The molecule has 1 amide bonds. The number of nitrogens with two attached hydrogens (primary N) is 1. The Morgan fingerprint density at radius 1 is 1.18 bits per heavy atom. The van der Waals surface area contributed by atoms with Crippen LogP contribution in [0, 0.1) is 11.3 Å². The summed E-state index contributed by atoms with van der Waals surface area (Å²) in [5.74, 6) is -0.737. The monoisotopic (exact) mass is 321 g/mol. The van der Waals surface area contributed by atoms with Crippen molar-refractivity contribution in [2.75, 3.05) is 6.61 Å². The van der Waals surface area contributed by atoms with E-state index >= 15 is 0 Å². The molecule has 0 aromatic heterocycles. The summed E-state index contributed by atoms with van der Waals surface area (Å²) in [5, 5.41) is 15.5. The van der Waals surface area contributed by atoms with Crippen molar-refractivity contribution < 1.29 is 29.3 Å². The molecule has 0 fully saturated rings. The number of primary amides is 1. The van der Waals surface area contributed by atoms with Crippen molar-refractivity contribution >= 4 is 18.5 Å². The van der Waals surface area contributed by atoms with Gasteiger partial charge < -0.3 is 20.7 Å². The predicted octanol–water partition coefficient (Wildman–Crippen LogP) is 3.12. The molecular formula is C15H31NO6. The fraction of sp³-hybridized carbons (Fsp3) is 0.800. The van der Waals surface area contributed by atoms with Crippen LogP contribution < -0.4 is 5.73 Å². The maximum absolute atomic E-state index is 10.5. The van der Waals surface area contributed by atoms with E-state index in [0.717, 1.165) is 25.7 Å². The highest BCUT2D eigenvalue weighted by molar-refractivity contribution is 5.69. The number of rotatable bonds is 6. The molecular weight excluding hydrogens is 290 g/mol. The topological polar surface area (TPSA) is 127 Å². The number of amides is 1. The van der Waals surface area contributed by atoms with E-state index in [1.165, 1.54) is 0 Å². The van der Waals surface area contributed by atoms with Crippen molar-refractivity contribution in [2.24, 2.45) is 17.1 Å². The van der Waals surface area contributed by atoms with Crippen molar-refractivity contribution in [2.45, 2.75) is 60.3 Å². The van der Waals surface area contributed by atoms with Crippen LogP contribution in [0.3, 0.4) is 0 Å². The molecule has 0 saturated heterocycles. The van der Waals surface area contributed by atoms with Crippen LogP contribution in [0.4, 0.5) is 4.79 Å². The van der Waals surface area contributed by atoms with Crippen LogP contribution in [0.5, 0.6) is 0 Å². The van der Waals surface area contributed by atoms with Crippen molar-refractivity contribution in [3.63, 3.8) is 0 Å². The number of carboxylic acid groups (broad SMARTS) is 2. The van der Waals surface area contributed by atoms with Crippen molar-refractivity contribution in [1.29, 1.82) is 0 Å². The molecule has 0 spiro atoms. The lowest BCUT2D eigenvalue weighted by Gasteiger charge is -2.16. The molecule has 132 valence electrons. The standard InChI is InChI=1S/C8H16O2.C6H13NO2.CH2O2/c1-3-5-7(6-4-2)8(9)10;1-6(2,3)4-9-5(7)8;2-1-3/h7H,3-6H2,1-2H3,(H,9,10);4H2,1-3H3,(H2,7,8);1H,(H,2,3). The van der Waals surface area contributed by atoms with Gasteiger partial charge in [-0.3, -0.25) is 9.59 Å². The van der Waals surface area contributed by atoms with E-state index in [-0.39, 0.29) is 17.8 Å². The Hall–Kier alpha value is -1.79. The van der Waals surface area contributed by atoms with E-state index in [0.29, 0.717) is 6.61 Å². The summed E-state index contributed by atoms with van der Waals surface area (Å²) in [4.78, 5) is 28.9. The molecule has 0 radical (unpaired) electrons. The van der Waals surface area contributed by atoms with Gasteiger partial charge in [-0.05, 0) is 18.3 Å². The van der Waals surface area contributed by atoms with Gasteiger partial charge in [-0.15, -0.1) is 0 Å². The molecule has 0 aliphatic rings. The lowest BCUT2D eigenvalue weighted by molar-refractivity contribution is -0.142. The lowest BCUT2D eigenvalue weighted by Crippen LogP contribution is -2.21. The van der Waals surface area contributed by atoms with Crippen molar-refractivity contribution in [3.05, 3.63) is 0 Å². The van der Waals surface area contributed by atoms with Gasteiger partial charge >= 0.3 is 12.1 Å². The second kappa shape index (κ2) is 15.6. The largest absolute Gasteiger partial charge is 0.483 e. The molecule has 0 aromatic carbocycles. The minimum Gasteiger partial charge on any atom is -0.483 e. The predicted molar refractivity (Wildman–Crippen MR) is 84.6 cm³/mol. The summed E-state index contributed by atoms with van der Waals surface area (Å²) in [7, 11) is 0. The van der Waals surface area contributed by atoms with Crippen LogP contribution in [0.2, 0.25) is 0 Å². The molecule has 0 atom stereocenters. The maximum atomic E-state index is 10.5. The minimum atomic E-state index is -0.704. The number of carboxylic acids is 1. The fourth-order valence-corrected chi connectivity index (χ4v) is 1.38. The van der Waals surface area contributed by atoms with Crippen molar-refractivity contribution in [3.8, 4) is 0 Å². The van der Waals surface area contributed by atoms with Crippen LogP contribution in [0.25, 0.3) is 0 Å². The molecule has 0 saturated carbocycles. The van der Waals surface area contributed by atoms with Crippen LogP contribution in [0.1, 0.15) is 60.3 Å². The molecule has 0 unspecified atom stereocenters. The quantitative estimate of drug-likeness (QED) is 0.645. The summed E-state index contributed by atoms with van der Waals surface area (Å²) >= 11 is 0. The van der Waals surface area contributed by atoms with E-state index in [1.54, 1.807) is 0 Å². The smallest absolute Gasteiger partial charge is 0.404 e. The third-order valence-corrected chi connectivity index (χ3v) is 2.27. The van der Waals surface area contributed by atoms with Gasteiger partial charge in [0, 0.05) is 0 Å². The Balaban J connectivity index is -0.000000279. The number of carbonyl (C=O) groups is 3. The third kappa shape index (κ3) is 26.7. The molecule has 7 nitrogen and oxygen atoms in total. The fourth-order valence-electron chi connectivity index (χ4n) is 1.38. The number of carbonyl (C=O) groups excluding carboxylic acids is 1.